The highest BCUT2D eigenvalue weighted by atomic mass is 19.1. The Bertz CT molecular complexity index is 1110. The van der Waals surface area contributed by atoms with Crippen molar-refractivity contribution in [3.8, 4) is 22.6 Å². The van der Waals surface area contributed by atoms with E-state index in [4.69, 9.17) is 15.2 Å². The van der Waals surface area contributed by atoms with Gasteiger partial charge in [0.05, 0.1) is 7.11 Å². The highest BCUT2D eigenvalue weighted by Crippen LogP contribution is 2.28. The number of methoxy groups -OCH3 is 1. The Kier molecular flexibility index (Phi) is 4.29. The average molecular weight is 365 g/mol. The van der Waals surface area contributed by atoms with Gasteiger partial charge in [-0.15, -0.1) is 5.10 Å². The summed E-state index contributed by atoms with van der Waals surface area (Å²) in [6.45, 7) is 0.261. The number of ether oxygens (including phenoxy) is 2. The molecule has 0 atom stereocenters. The number of benzene rings is 2. The second-order valence-electron chi connectivity index (χ2n) is 5.89. The fourth-order valence-electron chi connectivity index (χ4n) is 2.79. The van der Waals surface area contributed by atoms with Crippen LogP contribution in [0.5, 0.6) is 11.5 Å². The Labute approximate surface area is 153 Å². The van der Waals surface area contributed by atoms with E-state index in [1.165, 1.54) is 13.2 Å². The van der Waals surface area contributed by atoms with Gasteiger partial charge in [0.25, 0.3) is 0 Å². The van der Waals surface area contributed by atoms with Gasteiger partial charge in [-0.1, -0.05) is 23.4 Å². The number of aromatic amines is 1. The van der Waals surface area contributed by atoms with Gasteiger partial charge < -0.3 is 15.2 Å². The molecule has 0 fully saturated rings. The van der Waals surface area contributed by atoms with E-state index >= 15 is 0 Å². The first kappa shape index (κ1) is 16.8. The quantitative estimate of drug-likeness (QED) is 0.563. The van der Waals surface area contributed by atoms with Gasteiger partial charge in [-0.2, -0.15) is 0 Å². The van der Waals surface area contributed by atoms with Crippen molar-refractivity contribution in [2.45, 2.75) is 6.61 Å². The molecule has 27 heavy (non-hydrogen) atoms. The van der Waals surface area contributed by atoms with Gasteiger partial charge in [-0.3, -0.25) is 0 Å². The molecule has 136 valence electrons. The van der Waals surface area contributed by atoms with E-state index in [1.54, 1.807) is 18.2 Å². The van der Waals surface area contributed by atoms with Crippen LogP contribution < -0.4 is 15.2 Å². The fraction of sp³-hybridized carbons (Fsp3) is 0.105. The van der Waals surface area contributed by atoms with Crippen LogP contribution in [0.1, 0.15) is 5.56 Å². The number of anilines is 1. The lowest BCUT2D eigenvalue weighted by atomic mass is 10.0. The number of nitrogens with one attached hydrogen (secondary N) is 1. The summed E-state index contributed by atoms with van der Waals surface area (Å²) in [4.78, 5) is 4.09. The van der Waals surface area contributed by atoms with Crippen molar-refractivity contribution < 1.29 is 13.9 Å². The molecule has 8 heteroatoms. The normalized spacial score (nSPS) is 10.9. The lowest BCUT2D eigenvalue weighted by molar-refractivity contribution is 0.309. The molecule has 0 unspecified atom stereocenters. The number of nitrogens with two attached hydrogens (primary N) is 1. The monoisotopic (exact) mass is 365 g/mol. The van der Waals surface area contributed by atoms with Crippen molar-refractivity contribution in [1.29, 1.82) is 0 Å². The number of aromatic nitrogens is 4. The zero-order valence-electron chi connectivity index (χ0n) is 14.4. The summed E-state index contributed by atoms with van der Waals surface area (Å²) in [5.74, 6) is 0.908. The third kappa shape index (κ3) is 3.37. The third-order valence-electron chi connectivity index (χ3n) is 4.09. The van der Waals surface area contributed by atoms with E-state index < -0.39 is 0 Å². The van der Waals surface area contributed by atoms with Gasteiger partial charge in [0.15, 0.2) is 16.9 Å². The molecule has 0 bridgehead atoms. The molecule has 0 radical (unpaired) electrons. The number of rotatable bonds is 5. The van der Waals surface area contributed by atoms with Crippen LogP contribution in [0.2, 0.25) is 0 Å². The summed E-state index contributed by atoms with van der Waals surface area (Å²) >= 11 is 0. The van der Waals surface area contributed by atoms with Gasteiger partial charge in [0.2, 0.25) is 0 Å². The molecule has 3 N–H and O–H groups in total. The summed E-state index contributed by atoms with van der Waals surface area (Å²) in [5, 5.41) is 10.3. The maximum Gasteiger partial charge on any atom is 0.181 e. The summed E-state index contributed by atoms with van der Waals surface area (Å²) in [7, 11) is 1.50. The van der Waals surface area contributed by atoms with Gasteiger partial charge in [0, 0.05) is 17.7 Å². The Balaban J connectivity index is 1.59. The van der Waals surface area contributed by atoms with E-state index in [1.807, 2.05) is 24.3 Å². The molecule has 2 aromatic carbocycles. The van der Waals surface area contributed by atoms with Crippen LogP contribution in [0.25, 0.3) is 22.3 Å². The topological polar surface area (TPSA) is 98.9 Å². The summed E-state index contributed by atoms with van der Waals surface area (Å²) in [6, 6.07) is 13.8. The number of pyridine rings is 1. The maximum atomic E-state index is 14.3. The lowest BCUT2D eigenvalue weighted by Gasteiger charge is -2.10. The predicted molar refractivity (Wildman–Crippen MR) is 98.8 cm³/mol. The zero-order valence-corrected chi connectivity index (χ0v) is 14.4. The first-order chi connectivity index (χ1) is 13.1. The predicted octanol–water partition coefficient (Wildman–Crippen LogP) is 3.33. The van der Waals surface area contributed by atoms with E-state index in [9.17, 15) is 4.39 Å². The smallest absolute Gasteiger partial charge is 0.181 e. The zero-order chi connectivity index (χ0) is 18.8. The Hall–Kier alpha value is -3.68. The molecule has 0 spiro atoms. The Morgan fingerprint density at radius 3 is 2.85 bits per heavy atom. The summed E-state index contributed by atoms with van der Waals surface area (Å²) in [6.07, 6.45) is 0. The van der Waals surface area contributed by atoms with Crippen molar-refractivity contribution >= 4 is 17.0 Å². The first-order valence-corrected chi connectivity index (χ1v) is 8.17. The third-order valence-corrected chi connectivity index (χ3v) is 4.09. The highest BCUT2D eigenvalue weighted by molar-refractivity contribution is 5.78. The molecule has 0 saturated carbocycles. The molecule has 4 rings (SSSR count). The van der Waals surface area contributed by atoms with Gasteiger partial charge in [0.1, 0.15) is 24.0 Å². The Morgan fingerprint density at radius 2 is 2.04 bits per heavy atom. The van der Waals surface area contributed by atoms with Crippen LogP contribution in [0.4, 0.5) is 10.2 Å². The van der Waals surface area contributed by atoms with Gasteiger partial charge in [-0.25, -0.2) is 14.5 Å². The van der Waals surface area contributed by atoms with E-state index in [2.05, 4.69) is 20.4 Å². The number of halogens is 1. The number of H-pyrrole nitrogens is 1. The minimum atomic E-state index is -0.348. The summed E-state index contributed by atoms with van der Waals surface area (Å²) in [5.41, 5.74) is 8.84. The van der Waals surface area contributed by atoms with E-state index in [0.29, 0.717) is 34.0 Å². The lowest BCUT2D eigenvalue weighted by Crippen LogP contribution is -1.99. The second kappa shape index (κ2) is 6.91. The van der Waals surface area contributed by atoms with Crippen molar-refractivity contribution in [1.82, 2.24) is 20.4 Å². The number of hydrogen-bond donors (Lipinski definition) is 2. The van der Waals surface area contributed by atoms with Gasteiger partial charge >= 0.3 is 0 Å². The van der Waals surface area contributed by atoms with Crippen LogP contribution >= 0.6 is 0 Å². The number of nitrogen functional groups attached to an aromatic ring is 1. The molecule has 0 aliphatic rings. The molecule has 2 aromatic heterocycles. The Morgan fingerprint density at radius 1 is 1.15 bits per heavy atom. The molecule has 0 amide bonds. The molecule has 4 aromatic rings. The second-order valence-corrected chi connectivity index (χ2v) is 5.89. The van der Waals surface area contributed by atoms with Crippen molar-refractivity contribution in [3.63, 3.8) is 0 Å². The molecular weight excluding hydrogens is 349 g/mol. The van der Waals surface area contributed by atoms with Crippen LogP contribution in [-0.2, 0) is 6.61 Å². The largest absolute Gasteiger partial charge is 0.497 e. The van der Waals surface area contributed by atoms with E-state index in [-0.39, 0.29) is 12.4 Å². The van der Waals surface area contributed by atoms with Crippen molar-refractivity contribution in [2.75, 3.05) is 12.8 Å². The molecule has 0 aliphatic heterocycles. The minimum absolute atomic E-state index is 0.261. The fourth-order valence-corrected chi connectivity index (χ4v) is 2.79. The highest BCUT2D eigenvalue weighted by Gasteiger charge is 2.11. The molecular formula is C19H16FN5O2. The SMILES string of the molecule is COc1ccc(-c2cccc(COc3cc(N)nc4[nH]nnc34)c2)c(F)c1. The number of fused-ring (bicyclic) bond motifs is 1. The molecule has 7 nitrogen and oxygen atoms in total. The van der Waals surface area contributed by atoms with Gasteiger partial charge in [-0.05, 0) is 29.3 Å². The van der Waals surface area contributed by atoms with Crippen LogP contribution in [-0.4, -0.2) is 27.5 Å². The van der Waals surface area contributed by atoms with E-state index in [0.717, 1.165) is 11.1 Å². The molecule has 0 saturated heterocycles. The summed E-state index contributed by atoms with van der Waals surface area (Å²) < 4.78 is 25.2. The molecule has 2 heterocycles. The van der Waals surface area contributed by atoms with Crippen LogP contribution in [0.3, 0.4) is 0 Å². The molecule has 0 aliphatic carbocycles. The minimum Gasteiger partial charge on any atom is -0.497 e. The van der Waals surface area contributed by atoms with Crippen LogP contribution in [0.15, 0.2) is 48.5 Å². The number of nitrogens with zero attached hydrogens (tertiary/aromatic N) is 3. The van der Waals surface area contributed by atoms with Crippen molar-refractivity contribution in [2.24, 2.45) is 0 Å². The first-order valence-electron chi connectivity index (χ1n) is 8.17. The van der Waals surface area contributed by atoms with Crippen molar-refractivity contribution in [3.05, 3.63) is 59.9 Å². The number of hydrogen-bond acceptors (Lipinski definition) is 6. The average Bonchev–Trinajstić information content (AvgIpc) is 3.14. The van der Waals surface area contributed by atoms with Crippen LogP contribution in [0, 0.1) is 5.82 Å². The maximum absolute atomic E-state index is 14.3. The standard InChI is InChI=1S/C19H16FN5O2/c1-26-13-5-6-14(15(20)8-13)12-4-2-3-11(7-12)10-27-16-9-17(21)22-19-18(16)23-25-24-19/h2-9H,10H2,1H3,(H3,21,22,23,24,25).